The third kappa shape index (κ3) is 5.11. The van der Waals surface area contributed by atoms with E-state index in [1.54, 1.807) is 62.6 Å². The van der Waals surface area contributed by atoms with Crippen LogP contribution in [0, 0.1) is 0 Å². The molecule has 0 aliphatic carbocycles. The SMILES string of the molecule is CC1Oc2ccc(NC(=O)C3CC(F)CN3C(=O)Cn3nc(C(N)=O)c4cc(-c5ccnnc5)ccc43)cc2N(C)C1=O. The van der Waals surface area contributed by atoms with Gasteiger partial charge < -0.3 is 25.6 Å². The number of ether oxygens (including phenoxy) is 1. The van der Waals surface area contributed by atoms with E-state index >= 15 is 0 Å². The summed E-state index contributed by atoms with van der Waals surface area (Å²) >= 11 is 0. The lowest BCUT2D eigenvalue weighted by Crippen LogP contribution is -2.44. The van der Waals surface area contributed by atoms with Crippen LogP contribution in [0.25, 0.3) is 22.0 Å². The smallest absolute Gasteiger partial charge is 0.269 e. The third-order valence-electron chi connectivity index (χ3n) is 7.63. The van der Waals surface area contributed by atoms with Crippen LogP contribution < -0.4 is 20.7 Å². The van der Waals surface area contributed by atoms with Crippen LogP contribution in [0.3, 0.4) is 0 Å². The first-order chi connectivity index (χ1) is 20.6. The number of nitrogens with two attached hydrogens (primary N) is 1. The average molecular weight is 587 g/mol. The Kier molecular flexibility index (Phi) is 6.96. The normalized spacial score (nSPS) is 19.7. The molecule has 14 heteroatoms. The number of benzene rings is 2. The lowest BCUT2D eigenvalue weighted by Gasteiger charge is -2.30. The van der Waals surface area contributed by atoms with Gasteiger partial charge in [0.15, 0.2) is 11.8 Å². The predicted octanol–water partition coefficient (Wildman–Crippen LogP) is 1.91. The summed E-state index contributed by atoms with van der Waals surface area (Å²) in [7, 11) is 1.61. The number of likely N-dealkylation sites (N-methyl/N-ethyl adjacent to an activating group) is 1. The number of primary amides is 1. The number of aromatic nitrogens is 4. The van der Waals surface area contributed by atoms with Crippen molar-refractivity contribution >= 4 is 45.9 Å². The molecule has 1 fully saturated rings. The highest BCUT2D eigenvalue weighted by Crippen LogP contribution is 2.36. The van der Waals surface area contributed by atoms with Crippen molar-refractivity contribution in [3.8, 4) is 16.9 Å². The standard InChI is InChI=1S/C29H27FN8O5/c1-15-29(42)36(2)22-11-19(4-6-24(22)43-15)34-28(41)23-10-18(30)13-37(23)25(39)14-38-21-5-3-16(17-7-8-32-33-12-17)9-20(21)26(35-38)27(31)40/h3-9,11-12,15,18,23H,10,13-14H2,1-2H3,(H2,31,40)(H,34,41). The Labute approximate surface area is 244 Å². The zero-order valence-corrected chi connectivity index (χ0v) is 23.2. The number of hydrogen-bond donors (Lipinski definition) is 2. The van der Waals surface area contributed by atoms with Crippen LogP contribution in [0.15, 0.2) is 54.9 Å². The van der Waals surface area contributed by atoms with Crippen molar-refractivity contribution in [1.29, 1.82) is 0 Å². The Hall–Kier alpha value is -5.40. The lowest BCUT2D eigenvalue weighted by atomic mass is 10.0. The molecule has 13 nitrogen and oxygen atoms in total. The molecule has 43 heavy (non-hydrogen) atoms. The molecule has 4 amide bonds. The molecule has 6 rings (SSSR count). The number of amides is 4. The summed E-state index contributed by atoms with van der Waals surface area (Å²) in [5, 5.41) is 15.1. The Balaban J connectivity index is 1.23. The Morgan fingerprint density at radius 1 is 1.12 bits per heavy atom. The molecular weight excluding hydrogens is 559 g/mol. The Bertz CT molecular complexity index is 1780. The molecule has 4 aromatic rings. The lowest BCUT2D eigenvalue weighted by molar-refractivity contribution is -0.137. The fourth-order valence-electron chi connectivity index (χ4n) is 5.47. The largest absolute Gasteiger partial charge is 0.479 e. The first-order valence-corrected chi connectivity index (χ1v) is 13.5. The fraction of sp³-hybridized carbons (Fsp3) is 0.276. The summed E-state index contributed by atoms with van der Waals surface area (Å²) in [6.07, 6.45) is 0.883. The second-order valence-corrected chi connectivity index (χ2v) is 10.5. The van der Waals surface area contributed by atoms with Gasteiger partial charge in [-0.25, -0.2) is 4.39 Å². The second kappa shape index (κ2) is 10.8. The topological polar surface area (TPSA) is 166 Å². The van der Waals surface area contributed by atoms with Gasteiger partial charge in [0.25, 0.3) is 11.8 Å². The number of nitrogens with zero attached hydrogens (tertiary/aromatic N) is 6. The minimum absolute atomic E-state index is 0.0278. The minimum Gasteiger partial charge on any atom is -0.479 e. The second-order valence-electron chi connectivity index (χ2n) is 10.5. The average Bonchev–Trinajstić information content (AvgIpc) is 3.57. The van der Waals surface area contributed by atoms with Crippen LogP contribution in [0.2, 0.25) is 0 Å². The highest BCUT2D eigenvalue weighted by atomic mass is 19.1. The van der Waals surface area contributed by atoms with E-state index in [1.165, 1.54) is 20.7 Å². The molecule has 0 spiro atoms. The third-order valence-corrected chi connectivity index (χ3v) is 7.63. The van der Waals surface area contributed by atoms with E-state index in [1.807, 2.05) is 0 Å². The molecule has 3 unspecified atom stereocenters. The van der Waals surface area contributed by atoms with E-state index < -0.39 is 36.0 Å². The van der Waals surface area contributed by atoms with Crippen molar-refractivity contribution in [3.63, 3.8) is 0 Å². The summed E-state index contributed by atoms with van der Waals surface area (Å²) in [5.41, 5.74) is 8.37. The van der Waals surface area contributed by atoms with E-state index in [0.29, 0.717) is 28.0 Å². The quantitative estimate of drug-likeness (QED) is 0.346. The number of likely N-dealkylation sites (tertiary alicyclic amines) is 1. The van der Waals surface area contributed by atoms with Crippen LogP contribution in [-0.4, -0.2) is 80.4 Å². The van der Waals surface area contributed by atoms with Gasteiger partial charge in [0.05, 0.1) is 30.1 Å². The van der Waals surface area contributed by atoms with E-state index in [9.17, 15) is 23.6 Å². The summed E-state index contributed by atoms with van der Waals surface area (Å²) in [4.78, 5) is 53.9. The molecule has 2 aromatic heterocycles. The first-order valence-electron chi connectivity index (χ1n) is 13.5. The molecule has 3 atom stereocenters. The maximum atomic E-state index is 14.6. The number of hydrogen-bond acceptors (Lipinski definition) is 8. The van der Waals surface area contributed by atoms with E-state index in [2.05, 4.69) is 20.6 Å². The van der Waals surface area contributed by atoms with Gasteiger partial charge in [-0.3, -0.25) is 23.9 Å². The zero-order chi connectivity index (χ0) is 30.4. The molecule has 0 radical (unpaired) electrons. The number of carbonyl (C=O) groups is 4. The monoisotopic (exact) mass is 586 g/mol. The molecule has 220 valence electrons. The molecule has 2 aliphatic heterocycles. The van der Waals surface area contributed by atoms with Gasteiger partial charge in [0, 0.05) is 30.1 Å². The van der Waals surface area contributed by atoms with Crippen LogP contribution in [0.4, 0.5) is 15.8 Å². The Morgan fingerprint density at radius 3 is 2.67 bits per heavy atom. The van der Waals surface area contributed by atoms with Gasteiger partial charge in [0.2, 0.25) is 11.8 Å². The minimum atomic E-state index is -1.41. The van der Waals surface area contributed by atoms with Gasteiger partial charge >= 0.3 is 0 Å². The van der Waals surface area contributed by atoms with E-state index in [0.717, 1.165) is 11.1 Å². The molecule has 0 saturated carbocycles. The highest BCUT2D eigenvalue weighted by molar-refractivity contribution is 6.06. The van der Waals surface area contributed by atoms with E-state index in [-0.39, 0.29) is 31.1 Å². The number of fused-ring (bicyclic) bond motifs is 2. The summed E-state index contributed by atoms with van der Waals surface area (Å²) in [6.45, 7) is 1.03. The molecular formula is C29H27FN8O5. The number of anilines is 2. The molecule has 2 aromatic carbocycles. The van der Waals surface area contributed by atoms with Gasteiger partial charge in [-0.1, -0.05) is 6.07 Å². The molecule has 0 bridgehead atoms. The highest BCUT2D eigenvalue weighted by Gasteiger charge is 2.40. The summed E-state index contributed by atoms with van der Waals surface area (Å²) in [6, 6.07) is 10.7. The van der Waals surface area contributed by atoms with Crippen molar-refractivity contribution in [3.05, 3.63) is 60.6 Å². The summed E-state index contributed by atoms with van der Waals surface area (Å²) < 4.78 is 21.6. The predicted molar refractivity (Wildman–Crippen MR) is 153 cm³/mol. The number of halogens is 1. The van der Waals surface area contributed by atoms with Gasteiger partial charge in [0.1, 0.15) is 24.5 Å². The maximum absolute atomic E-state index is 14.6. The number of nitrogens with one attached hydrogen (secondary N) is 1. The number of alkyl halides is 1. The van der Waals surface area contributed by atoms with Crippen molar-refractivity contribution in [2.24, 2.45) is 5.73 Å². The molecule has 1 saturated heterocycles. The molecule has 4 heterocycles. The summed E-state index contributed by atoms with van der Waals surface area (Å²) in [5.74, 6) is -1.66. The zero-order valence-electron chi connectivity index (χ0n) is 23.2. The van der Waals surface area contributed by atoms with Gasteiger partial charge in [-0.2, -0.15) is 15.3 Å². The van der Waals surface area contributed by atoms with Crippen LogP contribution in [0.5, 0.6) is 5.75 Å². The molecule has 3 N–H and O–H groups in total. The van der Waals surface area contributed by atoms with Crippen molar-refractivity contribution < 1.29 is 28.3 Å². The van der Waals surface area contributed by atoms with Crippen LogP contribution >= 0.6 is 0 Å². The number of rotatable bonds is 6. The van der Waals surface area contributed by atoms with Crippen LogP contribution in [0.1, 0.15) is 23.8 Å². The van der Waals surface area contributed by atoms with Gasteiger partial charge in [-0.15, -0.1) is 0 Å². The van der Waals surface area contributed by atoms with Crippen molar-refractivity contribution in [1.82, 2.24) is 24.9 Å². The first kappa shape index (κ1) is 27.8. The maximum Gasteiger partial charge on any atom is 0.269 e. The van der Waals surface area contributed by atoms with Crippen molar-refractivity contribution in [2.75, 3.05) is 23.8 Å². The van der Waals surface area contributed by atoms with Crippen LogP contribution in [-0.2, 0) is 20.9 Å². The van der Waals surface area contributed by atoms with E-state index in [4.69, 9.17) is 10.5 Å². The number of carbonyl (C=O) groups excluding carboxylic acids is 4. The van der Waals surface area contributed by atoms with Gasteiger partial charge in [-0.05, 0) is 48.9 Å². The van der Waals surface area contributed by atoms with Crippen molar-refractivity contribution in [2.45, 2.75) is 38.2 Å². The fourth-order valence-corrected chi connectivity index (χ4v) is 5.47. The Morgan fingerprint density at radius 2 is 1.93 bits per heavy atom. The molecule has 2 aliphatic rings.